The molecule has 0 bridgehead atoms. The van der Waals surface area contributed by atoms with Crippen LogP contribution in [0.3, 0.4) is 0 Å². The number of methoxy groups -OCH3 is 3. The Morgan fingerprint density at radius 1 is 0.933 bits per heavy atom. The van der Waals surface area contributed by atoms with Crippen molar-refractivity contribution in [2.75, 3.05) is 54.2 Å². The largest absolute Gasteiger partial charge is 0.493 e. The maximum atomic E-state index is 14.1. The van der Waals surface area contributed by atoms with Crippen molar-refractivity contribution in [3.05, 3.63) is 23.8 Å². The van der Waals surface area contributed by atoms with E-state index in [2.05, 4.69) is 0 Å². The van der Waals surface area contributed by atoms with Gasteiger partial charge in [0, 0.05) is 64.0 Å². The number of piperidine rings is 1. The van der Waals surface area contributed by atoms with Crippen LogP contribution in [0.15, 0.2) is 18.2 Å². The van der Waals surface area contributed by atoms with Gasteiger partial charge in [0.15, 0.2) is 11.5 Å². The van der Waals surface area contributed by atoms with E-state index < -0.39 is 11.7 Å². The Labute approximate surface area is 269 Å². The molecule has 11 heteroatoms. The van der Waals surface area contributed by atoms with Crippen LogP contribution in [0.4, 0.5) is 4.79 Å². The summed E-state index contributed by atoms with van der Waals surface area (Å²) in [4.78, 5) is 46.2. The summed E-state index contributed by atoms with van der Waals surface area (Å²) < 4.78 is 27.5. The number of ether oxygens (including phenoxy) is 5. The first-order valence-electron chi connectivity index (χ1n) is 16.3. The first-order chi connectivity index (χ1) is 21.4. The van der Waals surface area contributed by atoms with E-state index in [1.807, 2.05) is 44.4 Å². The normalized spacial score (nSPS) is 18.5. The Morgan fingerprint density at radius 3 is 2.22 bits per heavy atom. The molecule has 2 fully saturated rings. The van der Waals surface area contributed by atoms with Gasteiger partial charge >= 0.3 is 6.09 Å². The Morgan fingerprint density at radius 2 is 1.62 bits per heavy atom. The van der Waals surface area contributed by atoms with Gasteiger partial charge in [0.05, 0.1) is 32.8 Å². The number of nitrogens with zero attached hydrogens (tertiary/aromatic N) is 3. The highest BCUT2D eigenvalue weighted by Crippen LogP contribution is 2.33. The lowest BCUT2D eigenvalue weighted by molar-refractivity contribution is -0.133. The minimum absolute atomic E-state index is 0.0926. The molecule has 1 aromatic rings. The first-order valence-corrected chi connectivity index (χ1v) is 16.3. The Bertz CT molecular complexity index is 1120. The summed E-state index contributed by atoms with van der Waals surface area (Å²) in [6.45, 7) is 11.9. The van der Waals surface area contributed by atoms with Crippen molar-refractivity contribution < 1.29 is 38.1 Å². The van der Waals surface area contributed by atoms with Crippen LogP contribution in [0.25, 0.3) is 0 Å². The van der Waals surface area contributed by atoms with Gasteiger partial charge in [-0.15, -0.1) is 0 Å². The average Bonchev–Trinajstić information content (AvgIpc) is 3.83. The van der Waals surface area contributed by atoms with E-state index in [9.17, 15) is 14.4 Å². The lowest BCUT2D eigenvalue weighted by atomic mass is 9.93. The van der Waals surface area contributed by atoms with Crippen molar-refractivity contribution in [2.45, 2.75) is 109 Å². The molecule has 3 rings (SSSR count). The molecule has 2 atom stereocenters. The second-order valence-corrected chi connectivity index (χ2v) is 13.2. The fourth-order valence-electron chi connectivity index (χ4n) is 5.88. The molecule has 0 unspecified atom stereocenters. The van der Waals surface area contributed by atoms with Crippen LogP contribution >= 0.6 is 0 Å². The molecule has 45 heavy (non-hydrogen) atoms. The Kier molecular flexibility index (Phi) is 13.8. The minimum Gasteiger partial charge on any atom is -0.493 e. The summed E-state index contributed by atoms with van der Waals surface area (Å²) in [6, 6.07) is 5.07. The molecular formula is C34H55N3O8. The quantitative estimate of drug-likeness (QED) is 0.230. The molecule has 0 N–H and O–H groups in total. The SMILES string of the molecule is COCCCOc1cc(C(=O)N(C(C)C)[C@@H]2CC[C@H](CCN(C(=O)CCOC)C3CC3)N(C(=O)OC(C)(C)C)C2)ccc1OC. The standard InChI is InChI=1S/C34H55N3O8/c1-24(2)37(32(39)25-10-15-29(43-8)30(22-25)44-20-9-19-41-6)28-14-13-27(36(23-28)33(40)45-34(3,4)5)16-18-35(26-11-12-26)31(38)17-21-42-7/h10,15,22,24,26-28H,9,11-14,16-21,23H2,1-8H3/t27-,28-/m1/s1. The number of hydrogen-bond acceptors (Lipinski definition) is 8. The first kappa shape index (κ1) is 36.4. The fourth-order valence-corrected chi connectivity index (χ4v) is 5.88. The topological polar surface area (TPSA) is 107 Å². The summed E-state index contributed by atoms with van der Waals surface area (Å²) in [5.74, 6) is 1.01. The van der Waals surface area contributed by atoms with E-state index in [-0.39, 0.29) is 36.0 Å². The van der Waals surface area contributed by atoms with Crippen LogP contribution in [0.2, 0.25) is 0 Å². The van der Waals surface area contributed by atoms with E-state index >= 15 is 0 Å². The van der Waals surface area contributed by atoms with Crippen molar-refractivity contribution in [1.82, 2.24) is 14.7 Å². The van der Waals surface area contributed by atoms with Crippen molar-refractivity contribution in [3.8, 4) is 11.5 Å². The maximum absolute atomic E-state index is 14.1. The third-order valence-corrected chi connectivity index (χ3v) is 8.19. The van der Waals surface area contributed by atoms with Gasteiger partial charge in [0.25, 0.3) is 5.91 Å². The summed E-state index contributed by atoms with van der Waals surface area (Å²) in [7, 11) is 4.82. The Hall–Kier alpha value is -3.05. The monoisotopic (exact) mass is 633 g/mol. The smallest absolute Gasteiger partial charge is 0.410 e. The molecule has 1 heterocycles. The van der Waals surface area contributed by atoms with E-state index in [1.54, 1.807) is 44.4 Å². The van der Waals surface area contributed by atoms with Crippen molar-refractivity contribution >= 4 is 17.9 Å². The molecule has 0 aromatic heterocycles. The van der Waals surface area contributed by atoms with Crippen LogP contribution in [0.5, 0.6) is 11.5 Å². The average molecular weight is 634 g/mol. The highest BCUT2D eigenvalue weighted by molar-refractivity contribution is 5.95. The number of carbonyl (C=O) groups excluding carboxylic acids is 3. The van der Waals surface area contributed by atoms with Crippen LogP contribution in [0.1, 0.15) is 89.9 Å². The number of hydrogen-bond donors (Lipinski definition) is 0. The number of benzene rings is 1. The number of amides is 3. The molecule has 0 radical (unpaired) electrons. The number of likely N-dealkylation sites (tertiary alicyclic amines) is 1. The molecule has 11 nitrogen and oxygen atoms in total. The van der Waals surface area contributed by atoms with E-state index in [4.69, 9.17) is 23.7 Å². The zero-order valence-electron chi connectivity index (χ0n) is 28.6. The van der Waals surface area contributed by atoms with Gasteiger partial charge in [-0.05, 0) is 84.9 Å². The van der Waals surface area contributed by atoms with E-state index in [0.717, 1.165) is 19.3 Å². The molecule has 254 valence electrons. The Balaban J connectivity index is 1.80. The van der Waals surface area contributed by atoms with Crippen LogP contribution in [-0.4, -0.2) is 117 Å². The van der Waals surface area contributed by atoms with Gasteiger partial charge in [-0.1, -0.05) is 0 Å². The molecule has 1 saturated carbocycles. The van der Waals surface area contributed by atoms with Gasteiger partial charge in [-0.3, -0.25) is 9.59 Å². The van der Waals surface area contributed by atoms with Gasteiger partial charge in [-0.25, -0.2) is 4.79 Å². The highest BCUT2D eigenvalue weighted by atomic mass is 16.6. The number of rotatable bonds is 16. The lowest BCUT2D eigenvalue weighted by Crippen LogP contribution is -2.58. The van der Waals surface area contributed by atoms with Gasteiger partial charge < -0.3 is 38.4 Å². The number of carbonyl (C=O) groups is 3. The summed E-state index contributed by atoms with van der Waals surface area (Å²) in [6.07, 6.45) is 4.77. The third kappa shape index (κ3) is 10.8. The second kappa shape index (κ2) is 17.0. The lowest BCUT2D eigenvalue weighted by Gasteiger charge is -2.45. The predicted molar refractivity (Wildman–Crippen MR) is 172 cm³/mol. The van der Waals surface area contributed by atoms with Crippen molar-refractivity contribution in [3.63, 3.8) is 0 Å². The summed E-state index contributed by atoms with van der Waals surface area (Å²) in [5, 5.41) is 0. The van der Waals surface area contributed by atoms with Gasteiger partial charge in [-0.2, -0.15) is 0 Å². The zero-order valence-corrected chi connectivity index (χ0v) is 28.6. The van der Waals surface area contributed by atoms with E-state index in [1.165, 1.54) is 0 Å². The summed E-state index contributed by atoms with van der Waals surface area (Å²) >= 11 is 0. The zero-order chi connectivity index (χ0) is 33.1. The molecule has 0 spiro atoms. The minimum atomic E-state index is -0.666. The molecular weight excluding hydrogens is 578 g/mol. The third-order valence-electron chi connectivity index (χ3n) is 8.19. The van der Waals surface area contributed by atoms with Crippen molar-refractivity contribution in [1.29, 1.82) is 0 Å². The van der Waals surface area contributed by atoms with Gasteiger partial charge in [0.2, 0.25) is 5.91 Å². The van der Waals surface area contributed by atoms with Crippen LogP contribution in [-0.2, 0) is 19.0 Å². The van der Waals surface area contributed by atoms with Crippen LogP contribution < -0.4 is 9.47 Å². The molecule has 1 aromatic carbocycles. The molecule has 2 aliphatic rings. The van der Waals surface area contributed by atoms with Crippen molar-refractivity contribution in [2.24, 2.45) is 0 Å². The summed E-state index contributed by atoms with van der Waals surface area (Å²) in [5.41, 5.74) is -0.173. The second-order valence-electron chi connectivity index (χ2n) is 13.2. The van der Waals surface area contributed by atoms with E-state index in [0.29, 0.717) is 75.7 Å². The molecule has 1 saturated heterocycles. The predicted octanol–water partition coefficient (Wildman–Crippen LogP) is 5.15. The highest BCUT2D eigenvalue weighted by Gasteiger charge is 2.40. The van der Waals surface area contributed by atoms with Crippen LogP contribution in [0, 0.1) is 0 Å². The van der Waals surface area contributed by atoms with Gasteiger partial charge in [0.1, 0.15) is 5.60 Å². The molecule has 1 aliphatic heterocycles. The maximum Gasteiger partial charge on any atom is 0.410 e. The molecule has 1 aliphatic carbocycles. The fraction of sp³-hybridized carbons (Fsp3) is 0.735. The molecule has 3 amide bonds.